The predicted molar refractivity (Wildman–Crippen MR) is 258 cm³/mol. The van der Waals surface area contributed by atoms with E-state index < -0.39 is 35.8 Å². The molecule has 1 atom stereocenters. The Kier molecular flexibility index (Phi) is 14.8. The van der Waals surface area contributed by atoms with Crippen molar-refractivity contribution in [2.45, 2.75) is 19.3 Å². The van der Waals surface area contributed by atoms with Gasteiger partial charge in [-0.15, -0.1) is 0 Å². The van der Waals surface area contributed by atoms with Crippen molar-refractivity contribution in [3.8, 4) is 34.1 Å². The molecule has 14 nitrogen and oxygen atoms in total. The summed E-state index contributed by atoms with van der Waals surface area (Å²) in [4.78, 5) is 63.1. The lowest BCUT2D eigenvalue weighted by molar-refractivity contribution is 0.0463. The number of carbonyl (C=O) groups excluding carboxylic acids is 3. The quantitative estimate of drug-likeness (QED) is 0.0401. The summed E-state index contributed by atoms with van der Waals surface area (Å²) in [7, 11) is 0. The van der Waals surface area contributed by atoms with Crippen LogP contribution >= 0.6 is 0 Å². The normalized spacial score (nSPS) is 11.2. The molecule has 1 amide bonds. The minimum absolute atomic E-state index is 0.0130. The Morgan fingerprint density at radius 3 is 1.34 bits per heavy atom. The van der Waals surface area contributed by atoms with Crippen LogP contribution in [-0.2, 0) is 22.7 Å². The minimum atomic E-state index is -1.33. The Labute approximate surface area is 400 Å². The van der Waals surface area contributed by atoms with Crippen LogP contribution in [0.2, 0.25) is 0 Å². The van der Waals surface area contributed by atoms with E-state index in [1.54, 1.807) is 60.7 Å². The van der Waals surface area contributed by atoms with E-state index in [-0.39, 0.29) is 46.6 Å². The largest absolute Gasteiger partial charge is 0.478 e. The van der Waals surface area contributed by atoms with Gasteiger partial charge in [0, 0.05) is 5.69 Å². The zero-order valence-electron chi connectivity index (χ0n) is 37.0. The molecule has 0 bridgehead atoms. The van der Waals surface area contributed by atoms with Crippen molar-refractivity contribution in [3.05, 3.63) is 244 Å². The maximum absolute atomic E-state index is 13.3. The summed E-state index contributed by atoms with van der Waals surface area (Å²) in [6.45, 7) is 0.0510. The van der Waals surface area contributed by atoms with Crippen LogP contribution in [0.15, 0.2) is 194 Å². The lowest BCUT2D eigenvalue weighted by Crippen LogP contribution is -2.22. The first-order valence-corrected chi connectivity index (χ1v) is 21.6. The first-order valence-electron chi connectivity index (χ1n) is 21.6. The minimum Gasteiger partial charge on any atom is -0.478 e. The lowest BCUT2D eigenvalue weighted by atomic mass is 9.93. The number of carboxylic acids is 2. The first kappa shape index (κ1) is 47.1. The van der Waals surface area contributed by atoms with Gasteiger partial charge in [0.25, 0.3) is 5.91 Å². The van der Waals surface area contributed by atoms with Crippen LogP contribution < -0.4 is 20.3 Å². The summed E-state index contributed by atoms with van der Waals surface area (Å²) in [5, 5.41) is 32.6. The van der Waals surface area contributed by atoms with Crippen molar-refractivity contribution >= 4 is 35.5 Å². The van der Waals surface area contributed by atoms with Crippen LogP contribution in [0.4, 0.5) is 5.69 Å². The van der Waals surface area contributed by atoms with Gasteiger partial charge in [0.15, 0.2) is 0 Å². The maximum Gasteiger partial charge on any atom is 0.338 e. The van der Waals surface area contributed by atoms with Gasteiger partial charge in [-0.1, -0.05) is 97.1 Å². The second-order valence-corrected chi connectivity index (χ2v) is 15.7. The number of rotatable bonds is 18. The number of carbonyl (C=O) groups is 5. The highest BCUT2D eigenvalue weighted by molar-refractivity contribution is 6.12. The fraction of sp³-hybridized carbons (Fsp3) is 0.0536. The number of hydrogen-bond donors (Lipinski definition) is 5. The average Bonchev–Trinajstić information content (AvgIpc) is 3.39. The van der Waals surface area contributed by atoms with Gasteiger partial charge in [-0.05, 0) is 130 Å². The number of esters is 2. The molecule has 1 unspecified atom stereocenters. The number of anilines is 1. The average molecular weight is 935 g/mol. The van der Waals surface area contributed by atoms with Crippen LogP contribution in [0.1, 0.15) is 80.1 Å². The zero-order valence-corrected chi connectivity index (χ0v) is 37.0. The van der Waals surface area contributed by atoms with E-state index in [1.807, 2.05) is 97.1 Å². The molecule has 5 N–H and O–H groups in total. The smallest absolute Gasteiger partial charge is 0.338 e. The number of aromatic carboxylic acids is 2. The number of hydrogen-bond acceptors (Lipinski definition) is 11. The molecule has 70 heavy (non-hydrogen) atoms. The van der Waals surface area contributed by atoms with E-state index >= 15 is 0 Å². The Balaban J connectivity index is 0.854. The summed E-state index contributed by atoms with van der Waals surface area (Å²) in [5.41, 5.74) is 6.18. The molecule has 0 spiro atoms. The third kappa shape index (κ3) is 11.8. The standard InChI is InChI=1S/C56H42N2O12/c59-52(50-32-41(18-30-48(50)54(62)63)56(65)68-34-36-9-5-2-6-10-36)57-42-19-27-46(28-20-42)70-44-23-13-38(14-24-44)37-11-21-43(22-12-37)69-45-25-15-39(16-26-45)51(58-66)49-31-40(17-29-47(49)53(60)61)55(64)67-33-35-7-3-1-4-8-35/h1-32,51,58,66H,33-34H2,(H,57,59)(H,60,61)(H,62,63). The summed E-state index contributed by atoms with van der Waals surface area (Å²) in [5.74, 6) is -2.56. The van der Waals surface area contributed by atoms with Gasteiger partial charge in [0.1, 0.15) is 36.2 Å². The molecule has 0 aliphatic carbocycles. The van der Waals surface area contributed by atoms with E-state index in [9.17, 15) is 39.4 Å². The Bertz CT molecular complexity index is 3140. The van der Waals surface area contributed by atoms with Gasteiger partial charge in [-0.25, -0.2) is 19.2 Å². The SMILES string of the molecule is O=C(OCc1ccccc1)c1ccc(C(=O)O)c(C(=O)Nc2ccc(Oc3ccc(-c4ccc(Oc5ccc(C(NO)c6cc(C(=O)OCc7ccccc7)ccc6C(=O)O)cc5)cc4)cc3)cc2)c1. The van der Waals surface area contributed by atoms with Crippen LogP contribution in [0.3, 0.4) is 0 Å². The van der Waals surface area contributed by atoms with Crippen molar-refractivity contribution in [2.24, 2.45) is 0 Å². The number of benzene rings is 8. The Morgan fingerprint density at radius 2 is 0.886 bits per heavy atom. The van der Waals surface area contributed by atoms with Crippen LogP contribution in [-0.4, -0.2) is 45.2 Å². The van der Waals surface area contributed by atoms with Crippen molar-refractivity contribution in [1.29, 1.82) is 0 Å². The van der Waals surface area contributed by atoms with Gasteiger partial charge < -0.3 is 39.7 Å². The highest BCUT2D eigenvalue weighted by Gasteiger charge is 2.24. The molecule has 0 saturated carbocycles. The van der Waals surface area contributed by atoms with Gasteiger partial charge >= 0.3 is 23.9 Å². The lowest BCUT2D eigenvalue weighted by Gasteiger charge is -2.19. The molecule has 348 valence electrons. The molecule has 0 saturated heterocycles. The fourth-order valence-electron chi connectivity index (χ4n) is 7.34. The Hall–Kier alpha value is -9.37. The van der Waals surface area contributed by atoms with Crippen molar-refractivity contribution in [1.82, 2.24) is 5.48 Å². The van der Waals surface area contributed by atoms with Crippen molar-refractivity contribution in [3.63, 3.8) is 0 Å². The molecule has 0 aliphatic rings. The molecule has 8 aromatic carbocycles. The van der Waals surface area contributed by atoms with E-state index in [2.05, 4.69) is 10.8 Å². The first-order chi connectivity index (χ1) is 34.0. The topological polar surface area (TPSA) is 207 Å². The van der Waals surface area contributed by atoms with E-state index in [0.717, 1.165) is 22.3 Å². The summed E-state index contributed by atoms with van der Waals surface area (Å²) in [6, 6.07) is 53.0. The predicted octanol–water partition coefficient (Wildman–Crippen LogP) is 11.4. The second-order valence-electron chi connectivity index (χ2n) is 15.7. The number of carboxylic acid groups (broad SMARTS) is 2. The maximum atomic E-state index is 13.3. The number of nitrogens with one attached hydrogen (secondary N) is 2. The third-order valence-corrected chi connectivity index (χ3v) is 11.0. The molecule has 0 heterocycles. The molecule has 0 fully saturated rings. The monoisotopic (exact) mass is 934 g/mol. The molecule has 0 aromatic heterocycles. The van der Waals surface area contributed by atoms with Crippen molar-refractivity contribution in [2.75, 3.05) is 5.32 Å². The zero-order chi connectivity index (χ0) is 49.0. The molecule has 8 rings (SSSR count). The molecular formula is C56H42N2O12. The van der Waals surface area contributed by atoms with E-state index in [0.29, 0.717) is 34.2 Å². The second kappa shape index (κ2) is 22.0. The van der Waals surface area contributed by atoms with Gasteiger partial charge in [-0.2, -0.15) is 5.48 Å². The highest BCUT2D eigenvalue weighted by Crippen LogP contribution is 2.32. The van der Waals surface area contributed by atoms with Crippen LogP contribution in [0, 0.1) is 0 Å². The van der Waals surface area contributed by atoms with Gasteiger partial charge in [0.2, 0.25) is 0 Å². The van der Waals surface area contributed by atoms with E-state index in [4.69, 9.17) is 18.9 Å². The van der Waals surface area contributed by atoms with Crippen molar-refractivity contribution < 1.29 is 58.3 Å². The summed E-state index contributed by atoms with van der Waals surface area (Å²) < 4.78 is 22.9. The molecule has 8 aromatic rings. The Morgan fingerprint density at radius 1 is 0.457 bits per heavy atom. The summed E-state index contributed by atoms with van der Waals surface area (Å²) in [6.07, 6.45) is 0. The molecule has 0 radical (unpaired) electrons. The van der Waals surface area contributed by atoms with E-state index in [1.165, 1.54) is 36.4 Å². The van der Waals surface area contributed by atoms with Crippen LogP contribution in [0.5, 0.6) is 23.0 Å². The van der Waals surface area contributed by atoms with Gasteiger partial charge in [0.05, 0.1) is 33.9 Å². The molecule has 0 aliphatic heterocycles. The fourth-order valence-corrected chi connectivity index (χ4v) is 7.34. The van der Waals surface area contributed by atoms with Gasteiger partial charge in [-0.3, -0.25) is 4.79 Å². The third-order valence-electron chi connectivity index (χ3n) is 11.0. The summed E-state index contributed by atoms with van der Waals surface area (Å²) >= 11 is 0. The molecule has 14 heteroatoms. The number of amides is 1. The molecular weight excluding hydrogens is 893 g/mol. The highest BCUT2D eigenvalue weighted by atomic mass is 16.5. The number of ether oxygens (including phenoxy) is 4. The number of hydroxylamine groups is 1. The van der Waals surface area contributed by atoms with Crippen LogP contribution in [0.25, 0.3) is 11.1 Å².